The lowest BCUT2D eigenvalue weighted by Gasteiger charge is -2.20. The zero-order valence-corrected chi connectivity index (χ0v) is 21.7. The smallest absolute Gasteiger partial charge is 0.361 e. The zero-order chi connectivity index (χ0) is 26.3. The monoisotopic (exact) mass is 494 g/mol. The molecule has 2 N–H and O–H groups in total. The lowest BCUT2D eigenvalue weighted by atomic mass is 9.86. The molecule has 1 heterocycles. The quantitative estimate of drug-likeness (QED) is 0.313. The van der Waals surface area contributed by atoms with Crippen LogP contribution >= 0.6 is 0 Å². The van der Waals surface area contributed by atoms with E-state index in [2.05, 4.69) is 0 Å². The third kappa shape index (κ3) is 5.15. The Hall–Kier alpha value is -3.61. The van der Waals surface area contributed by atoms with E-state index in [-0.39, 0.29) is 35.9 Å². The van der Waals surface area contributed by atoms with Crippen LogP contribution in [0.5, 0.6) is 11.5 Å². The minimum absolute atomic E-state index is 0.0859. The van der Waals surface area contributed by atoms with Crippen LogP contribution < -0.4 is 19.8 Å². The van der Waals surface area contributed by atoms with Crippen molar-refractivity contribution in [2.75, 3.05) is 5.73 Å². The van der Waals surface area contributed by atoms with Gasteiger partial charge in [0.05, 0.1) is 0 Å². The summed E-state index contributed by atoms with van der Waals surface area (Å²) >= 11 is 0. The van der Waals surface area contributed by atoms with Crippen molar-refractivity contribution >= 4 is 17.0 Å². The Balaban J connectivity index is 1.56. The maximum Gasteiger partial charge on any atom is 0.361 e. The average molecular weight is 495 g/mol. The molecule has 0 spiro atoms. The highest BCUT2D eigenvalue weighted by Gasteiger charge is 2.23. The fraction of sp³-hybridized carbons (Fsp3) is 0.345. The summed E-state index contributed by atoms with van der Waals surface area (Å²) in [6.07, 6.45) is 0. The van der Waals surface area contributed by atoms with E-state index in [0.29, 0.717) is 28.6 Å². The standard InChI is InChI=1S/C29H33F2N3O2/c1-28(2,3)21-13-11-19(15-23(21)30)35-17-33-25-9-7-8-10-26(25)34(27(33)32)18-36-20-12-14-22(24(31)16-20)29(4,5)6/h7-16,32H,17-18H2,1-6H3/p+1. The second-order valence-corrected chi connectivity index (χ2v) is 11.0. The molecule has 190 valence electrons. The van der Waals surface area contributed by atoms with E-state index in [1.807, 2.05) is 65.8 Å². The first-order valence-electron chi connectivity index (χ1n) is 12.0. The fourth-order valence-electron chi connectivity index (χ4n) is 4.25. The normalized spacial score (nSPS) is 12.2. The van der Waals surface area contributed by atoms with E-state index in [1.165, 1.54) is 12.1 Å². The highest BCUT2D eigenvalue weighted by atomic mass is 19.1. The minimum atomic E-state index is -0.307. The molecule has 0 saturated carbocycles. The van der Waals surface area contributed by atoms with Gasteiger partial charge in [0.25, 0.3) is 0 Å². The Labute approximate surface area is 211 Å². The summed E-state index contributed by atoms with van der Waals surface area (Å²) < 4.78 is 44.6. The van der Waals surface area contributed by atoms with Crippen LogP contribution in [0.3, 0.4) is 0 Å². The summed E-state index contributed by atoms with van der Waals surface area (Å²) in [5.41, 5.74) is 8.80. The lowest BCUT2D eigenvalue weighted by molar-refractivity contribution is -0.687. The van der Waals surface area contributed by atoms with Gasteiger partial charge in [-0.1, -0.05) is 65.8 Å². The molecule has 0 aliphatic carbocycles. The minimum Gasteiger partial charge on any atom is -0.460 e. The van der Waals surface area contributed by atoms with Crippen LogP contribution in [0.1, 0.15) is 52.7 Å². The highest BCUT2D eigenvalue weighted by molar-refractivity contribution is 5.73. The number of fused-ring (bicyclic) bond motifs is 1. The second-order valence-electron chi connectivity index (χ2n) is 11.0. The maximum absolute atomic E-state index is 14.6. The summed E-state index contributed by atoms with van der Waals surface area (Å²) in [6, 6.07) is 17.5. The number of aromatic nitrogens is 2. The van der Waals surface area contributed by atoms with Gasteiger partial charge in [0.1, 0.15) is 34.2 Å². The number of rotatable bonds is 6. The first-order valence-corrected chi connectivity index (χ1v) is 12.0. The first-order chi connectivity index (χ1) is 16.9. The van der Waals surface area contributed by atoms with Gasteiger partial charge in [0, 0.05) is 12.1 Å². The van der Waals surface area contributed by atoms with Crippen molar-refractivity contribution in [1.82, 2.24) is 4.57 Å². The molecule has 0 fully saturated rings. The summed E-state index contributed by atoms with van der Waals surface area (Å²) in [4.78, 5) is 0. The Kier molecular flexibility index (Phi) is 6.69. The molecule has 4 rings (SSSR count). The molecule has 0 aliphatic rings. The van der Waals surface area contributed by atoms with E-state index in [0.717, 1.165) is 11.0 Å². The van der Waals surface area contributed by atoms with Crippen LogP contribution in [-0.2, 0) is 24.3 Å². The predicted molar refractivity (Wildman–Crippen MR) is 138 cm³/mol. The average Bonchev–Trinajstić information content (AvgIpc) is 3.05. The number of nitrogens with zero attached hydrogens (tertiary/aromatic N) is 2. The Morgan fingerprint density at radius 2 is 1.31 bits per heavy atom. The largest absolute Gasteiger partial charge is 0.460 e. The molecule has 0 saturated heterocycles. The maximum atomic E-state index is 14.6. The van der Waals surface area contributed by atoms with Crippen molar-refractivity contribution in [3.05, 3.63) is 83.4 Å². The number of ether oxygens (including phenoxy) is 2. The van der Waals surface area contributed by atoms with Gasteiger partial charge in [-0.2, -0.15) is 9.13 Å². The number of halogens is 2. The van der Waals surface area contributed by atoms with Crippen LogP contribution in [0.2, 0.25) is 0 Å². The van der Waals surface area contributed by atoms with E-state index < -0.39 is 0 Å². The highest BCUT2D eigenvalue weighted by Crippen LogP contribution is 2.29. The lowest BCUT2D eigenvalue weighted by Crippen LogP contribution is -2.39. The van der Waals surface area contributed by atoms with Gasteiger partial charge in [-0.25, -0.2) is 8.78 Å². The molecule has 0 atom stereocenters. The van der Waals surface area contributed by atoms with E-state index in [9.17, 15) is 8.78 Å². The third-order valence-corrected chi connectivity index (χ3v) is 6.23. The molecule has 1 aromatic heterocycles. The van der Waals surface area contributed by atoms with Crippen molar-refractivity contribution in [3.63, 3.8) is 0 Å². The Morgan fingerprint density at radius 1 is 0.778 bits per heavy atom. The Morgan fingerprint density at radius 3 is 1.83 bits per heavy atom. The second kappa shape index (κ2) is 9.45. The molecule has 0 bridgehead atoms. The number of para-hydroxylation sites is 2. The molecule has 36 heavy (non-hydrogen) atoms. The van der Waals surface area contributed by atoms with Gasteiger partial charge >= 0.3 is 5.95 Å². The van der Waals surface area contributed by atoms with Crippen LogP contribution in [0.25, 0.3) is 11.0 Å². The van der Waals surface area contributed by atoms with Gasteiger partial charge in [0.2, 0.25) is 13.5 Å². The van der Waals surface area contributed by atoms with Crippen LogP contribution in [0.4, 0.5) is 14.7 Å². The molecular weight excluding hydrogens is 460 g/mol. The van der Waals surface area contributed by atoms with E-state index >= 15 is 0 Å². The number of nitrogens with two attached hydrogens (primary N) is 1. The number of benzene rings is 3. The Bertz CT molecular complexity index is 1290. The SMILES string of the molecule is CC(C)(C)c1ccc(OCn2c(N)[n+](COc3ccc(C(C)(C)C)c(F)c3)c3ccccc32)cc1F. The van der Waals surface area contributed by atoms with Crippen molar-refractivity contribution in [3.8, 4) is 11.5 Å². The van der Waals surface area contributed by atoms with Crippen LogP contribution in [-0.4, -0.2) is 4.57 Å². The van der Waals surface area contributed by atoms with Crippen LogP contribution in [0.15, 0.2) is 60.7 Å². The van der Waals surface area contributed by atoms with Crippen molar-refractivity contribution in [2.45, 2.75) is 65.8 Å². The summed E-state index contributed by atoms with van der Waals surface area (Å²) in [6.45, 7) is 12.0. The van der Waals surface area contributed by atoms with Gasteiger partial charge in [-0.3, -0.25) is 5.73 Å². The number of nitrogen functional groups attached to an aromatic ring is 1. The molecule has 0 aliphatic heterocycles. The molecule has 0 radical (unpaired) electrons. The third-order valence-electron chi connectivity index (χ3n) is 6.23. The van der Waals surface area contributed by atoms with Gasteiger partial charge in [0.15, 0.2) is 0 Å². The van der Waals surface area contributed by atoms with Crippen LogP contribution in [0, 0.1) is 11.6 Å². The fourth-order valence-corrected chi connectivity index (χ4v) is 4.25. The predicted octanol–water partition coefficient (Wildman–Crippen LogP) is 6.46. The van der Waals surface area contributed by atoms with E-state index in [4.69, 9.17) is 15.2 Å². The molecule has 4 aromatic rings. The summed E-state index contributed by atoms with van der Waals surface area (Å²) in [5.74, 6) is 0.608. The molecule has 0 unspecified atom stereocenters. The number of imidazole rings is 1. The molecule has 7 heteroatoms. The topological polar surface area (TPSA) is 53.3 Å². The molecule has 0 amide bonds. The number of hydrogen-bond donors (Lipinski definition) is 1. The van der Waals surface area contributed by atoms with Gasteiger partial charge in [-0.05, 0) is 46.2 Å². The van der Waals surface area contributed by atoms with Crippen molar-refractivity contribution in [2.24, 2.45) is 0 Å². The van der Waals surface area contributed by atoms with E-state index in [1.54, 1.807) is 33.4 Å². The number of hydrogen-bond acceptors (Lipinski definition) is 3. The van der Waals surface area contributed by atoms with Gasteiger partial charge in [-0.15, -0.1) is 0 Å². The first kappa shape index (κ1) is 25.5. The summed E-state index contributed by atoms with van der Waals surface area (Å²) in [7, 11) is 0. The van der Waals surface area contributed by atoms with Crippen molar-refractivity contribution in [1.29, 1.82) is 0 Å². The summed E-state index contributed by atoms with van der Waals surface area (Å²) in [5, 5.41) is 0. The van der Waals surface area contributed by atoms with Crippen molar-refractivity contribution < 1.29 is 22.8 Å². The zero-order valence-electron chi connectivity index (χ0n) is 21.7. The van der Waals surface area contributed by atoms with Gasteiger partial charge < -0.3 is 9.47 Å². The molecule has 3 aromatic carbocycles. The molecule has 5 nitrogen and oxygen atoms in total. The number of anilines is 1. The molecular formula is C29H34F2N3O2+.